The molecule has 0 radical (unpaired) electrons. The topological polar surface area (TPSA) is 70.7 Å². The number of benzene rings is 2. The molecule has 24 heavy (non-hydrogen) atoms. The van der Waals surface area contributed by atoms with Crippen molar-refractivity contribution in [3.05, 3.63) is 54.6 Å². The number of ether oxygens (including phenoxy) is 1. The van der Waals surface area contributed by atoms with Crippen LogP contribution in [0.3, 0.4) is 0 Å². The molecule has 3 amide bonds. The minimum atomic E-state index is -0.511. The molecule has 3 rings (SSSR count). The Balaban J connectivity index is 1.58. The average molecular weight is 325 g/mol. The number of hydrogen-bond donors (Lipinski definition) is 2. The molecular formula is C18H19N3O3. The van der Waals surface area contributed by atoms with Crippen LogP contribution in [0.5, 0.6) is 5.75 Å². The lowest BCUT2D eigenvalue weighted by Gasteiger charge is -2.17. The summed E-state index contributed by atoms with van der Waals surface area (Å²) >= 11 is 0. The van der Waals surface area contributed by atoms with Gasteiger partial charge in [-0.15, -0.1) is 0 Å². The number of amides is 3. The van der Waals surface area contributed by atoms with Crippen molar-refractivity contribution < 1.29 is 14.3 Å². The van der Waals surface area contributed by atoms with E-state index in [2.05, 4.69) is 10.6 Å². The van der Waals surface area contributed by atoms with E-state index in [9.17, 15) is 9.59 Å². The van der Waals surface area contributed by atoms with Gasteiger partial charge in [0.05, 0.1) is 7.11 Å². The van der Waals surface area contributed by atoms with Gasteiger partial charge >= 0.3 is 6.03 Å². The number of methoxy groups -OCH3 is 1. The third-order valence-corrected chi connectivity index (χ3v) is 3.93. The van der Waals surface area contributed by atoms with E-state index < -0.39 is 12.1 Å². The first-order chi connectivity index (χ1) is 11.7. The Morgan fingerprint density at radius 3 is 2.50 bits per heavy atom. The van der Waals surface area contributed by atoms with Crippen molar-refractivity contribution in [1.29, 1.82) is 0 Å². The molecule has 2 N–H and O–H groups in total. The highest BCUT2D eigenvalue weighted by Crippen LogP contribution is 2.21. The standard InChI is InChI=1S/C18H19N3O3/c1-24-15-9-7-13(8-10-15)19-18(23)20-16-11-12-21(17(16)22)14-5-3-2-4-6-14/h2-10,16H,11-12H2,1H3,(H2,19,20,23)/t16-/m0/s1. The fraction of sp³-hybridized carbons (Fsp3) is 0.222. The second-order valence-corrected chi connectivity index (χ2v) is 5.49. The van der Waals surface area contributed by atoms with Crippen molar-refractivity contribution in [2.45, 2.75) is 12.5 Å². The molecule has 124 valence electrons. The van der Waals surface area contributed by atoms with E-state index in [4.69, 9.17) is 4.74 Å². The predicted molar refractivity (Wildman–Crippen MR) is 92.3 cm³/mol. The zero-order chi connectivity index (χ0) is 16.9. The third kappa shape index (κ3) is 3.48. The lowest BCUT2D eigenvalue weighted by atomic mass is 10.2. The van der Waals surface area contributed by atoms with Crippen molar-refractivity contribution in [1.82, 2.24) is 5.32 Å². The van der Waals surface area contributed by atoms with Crippen LogP contribution in [0, 0.1) is 0 Å². The van der Waals surface area contributed by atoms with E-state index in [1.165, 1.54) is 0 Å². The Bertz CT molecular complexity index is 716. The minimum Gasteiger partial charge on any atom is -0.497 e. The summed E-state index contributed by atoms with van der Waals surface area (Å²) in [6.07, 6.45) is 0.587. The fourth-order valence-corrected chi connectivity index (χ4v) is 2.68. The number of anilines is 2. The molecule has 1 atom stereocenters. The smallest absolute Gasteiger partial charge is 0.319 e. The molecule has 1 aliphatic rings. The van der Waals surface area contributed by atoms with Gasteiger partial charge in [-0.25, -0.2) is 4.79 Å². The SMILES string of the molecule is COc1ccc(NC(=O)N[C@H]2CCN(c3ccccc3)C2=O)cc1. The van der Waals surface area contributed by atoms with Gasteiger partial charge in [-0.05, 0) is 42.8 Å². The number of nitrogens with zero attached hydrogens (tertiary/aromatic N) is 1. The summed E-state index contributed by atoms with van der Waals surface area (Å²) < 4.78 is 5.07. The van der Waals surface area contributed by atoms with Crippen LogP contribution in [0.25, 0.3) is 0 Å². The summed E-state index contributed by atoms with van der Waals surface area (Å²) in [5.74, 6) is 0.622. The second kappa shape index (κ2) is 7.04. The number of rotatable bonds is 4. The van der Waals surface area contributed by atoms with Crippen LogP contribution in [-0.2, 0) is 4.79 Å². The normalized spacial score (nSPS) is 16.8. The quantitative estimate of drug-likeness (QED) is 0.908. The van der Waals surface area contributed by atoms with Gasteiger partial charge in [0.25, 0.3) is 0 Å². The molecule has 0 aliphatic carbocycles. The van der Waals surface area contributed by atoms with E-state index in [0.29, 0.717) is 24.4 Å². The van der Waals surface area contributed by atoms with E-state index in [1.807, 2.05) is 30.3 Å². The molecule has 0 unspecified atom stereocenters. The highest BCUT2D eigenvalue weighted by atomic mass is 16.5. The zero-order valence-corrected chi connectivity index (χ0v) is 13.4. The molecule has 0 saturated carbocycles. The average Bonchev–Trinajstić information content (AvgIpc) is 2.97. The number of nitrogens with one attached hydrogen (secondary N) is 2. The molecular weight excluding hydrogens is 306 g/mol. The van der Waals surface area contributed by atoms with Crippen molar-refractivity contribution in [2.75, 3.05) is 23.9 Å². The summed E-state index contributed by atoms with van der Waals surface area (Å²) in [6.45, 7) is 0.594. The van der Waals surface area contributed by atoms with Gasteiger partial charge in [0.1, 0.15) is 11.8 Å². The van der Waals surface area contributed by atoms with Gasteiger partial charge in [0.2, 0.25) is 5.91 Å². The summed E-state index contributed by atoms with van der Waals surface area (Å²) in [4.78, 5) is 26.2. The van der Waals surface area contributed by atoms with Gasteiger partial charge in [0, 0.05) is 17.9 Å². The largest absolute Gasteiger partial charge is 0.497 e. The van der Waals surface area contributed by atoms with Gasteiger partial charge in [-0.3, -0.25) is 4.79 Å². The van der Waals surface area contributed by atoms with Crippen LogP contribution in [0.2, 0.25) is 0 Å². The number of para-hydroxylation sites is 1. The second-order valence-electron chi connectivity index (χ2n) is 5.49. The molecule has 1 heterocycles. The molecule has 2 aromatic rings. The van der Waals surface area contributed by atoms with E-state index in [1.54, 1.807) is 36.3 Å². The van der Waals surface area contributed by atoms with Crippen LogP contribution >= 0.6 is 0 Å². The van der Waals surface area contributed by atoms with Gasteiger partial charge in [-0.2, -0.15) is 0 Å². The lowest BCUT2D eigenvalue weighted by Crippen LogP contribution is -2.43. The van der Waals surface area contributed by atoms with E-state index in [0.717, 1.165) is 5.69 Å². The van der Waals surface area contributed by atoms with Gasteiger partial charge < -0.3 is 20.3 Å². The first-order valence-electron chi connectivity index (χ1n) is 7.75. The monoisotopic (exact) mass is 325 g/mol. The molecule has 6 heteroatoms. The van der Waals surface area contributed by atoms with Crippen LogP contribution in [-0.4, -0.2) is 31.6 Å². The van der Waals surface area contributed by atoms with Crippen molar-refractivity contribution in [3.63, 3.8) is 0 Å². The minimum absolute atomic E-state index is 0.0916. The molecule has 0 bridgehead atoms. The highest BCUT2D eigenvalue weighted by molar-refractivity contribution is 6.02. The van der Waals surface area contributed by atoms with Crippen LogP contribution < -0.4 is 20.3 Å². The van der Waals surface area contributed by atoms with Crippen LogP contribution in [0.1, 0.15) is 6.42 Å². The molecule has 1 saturated heterocycles. The van der Waals surface area contributed by atoms with E-state index >= 15 is 0 Å². The predicted octanol–water partition coefficient (Wildman–Crippen LogP) is 2.62. The summed E-state index contributed by atoms with van der Waals surface area (Å²) in [6, 6.07) is 15.5. The van der Waals surface area contributed by atoms with Gasteiger partial charge in [0.15, 0.2) is 0 Å². The number of hydrogen-bond acceptors (Lipinski definition) is 3. The zero-order valence-electron chi connectivity index (χ0n) is 13.4. The van der Waals surface area contributed by atoms with Crippen molar-refractivity contribution in [2.24, 2.45) is 0 Å². The van der Waals surface area contributed by atoms with Gasteiger partial charge in [-0.1, -0.05) is 18.2 Å². The number of carbonyl (C=O) groups excluding carboxylic acids is 2. The van der Waals surface area contributed by atoms with Crippen LogP contribution in [0.15, 0.2) is 54.6 Å². The Morgan fingerprint density at radius 1 is 1.12 bits per heavy atom. The summed E-state index contributed by atoms with van der Waals surface area (Å²) in [5.41, 5.74) is 1.49. The maximum Gasteiger partial charge on any atom is 0.319 e. The molecule has 6 nitrogen and oxygen atoms in total. The molecule has 1 aliphatic heterocycles. The summed E-state index contributed by atoms with van der Waals surface area (Å²) in [5, 5.41) is 5.45. The molecule has 0 spiro atoms. The third-order valence-electron chi connectivity index (χ3n) is 3.93. The molecule has 0 aromatic heterocycles. The van der Waals surface area contributed by atoms with E-state index in [-0.39, 0.29) is 5.91 Å². The summed E-state index contributed by atoms with van der Waals surface area (Å²) in [7, 11) is 1.58. The molecule has 2 aromatic carbocycles. The Labute approximate surface area is 140 Å². The Hall–Kier alpha value is -3.02. The molecule has 1 fully saturated rings. The number of urea groups is 1. The van der Waals surface area contributed by atoms with Crippen molar-refractivity contribution >= 4 is 23.3 Å². The maximum atomic E-state index is 12.4. The van der Waals surface area contributed by atoms with Crippen molar-refractivity contribution in [3.8, 4) is 5.75 Å². The first-order valence-corrected chi connectivity index (χ1v) is 7.75. The fourth-order valence-electron chi connectivity index (χ4n) is 2.68. The highest BCUT2D eigenvalue weighted by Gasteiger charge is 2.33. The first kappa shape index (κ1) is 15.9. The lowest BCUT2D eigenvalue weighted by molar-refractivity contribution is -0.118. The Morgan fingerprint density at radius 2 is 1.83 bits per heavy atom. The number of carbonyl (C=O) groups is 2. The Kier molecular flexibility index (Phi) is 4.65. The maximum absolute atomic E-state index is 12.4. The van der Waals surface area contributed by atoms with Crippen LogP contribution in [0.4, 0.5) is 16.2 Å².